The van der Waals surface area contributed by atoms with Gasteiger partial charge in [0.15, 0.2) is 5.75 Å². The molecule has 0 spiro atoms. The molecular weight excluding hydrogens is 214 g/mol. The lowest BCUT2D eigenvalue weighted by Gasteiger charge is -2.05. The van der Waals surface area contributed by atoms with Crippen molar-refractivity contribution in [3.05, 3.63) is 46.5 Å². The van der Waals surface area contributed by atoms with Crippen LogP contribution in [0.3, 0.4) is 0 Å². The number of rotatable bonds is 5. The van der Waals surface area contributed by atoms with Crippen LogP contribution in [0.15, 0.2) is 36.4 Å². The fraction of sp³-hybridized carbons (Fsp3) is 0.100. The number of carboxylic acids is 1. The Bertz CT molecular complexity index is 441. The Morgan fingerprint density at radius 2 is 2.12 bits per heavy atom. The minimum Gasteiger partial charge on any atom is -0.482 e. The van der Waals surface area contributed by atoms with Gasteiger partial charge in [0.1, 0.15) is 6.61 Å². The number of para-hydroxylation sites is 2. The van der Waals surface area contributed by atoms with Gasteiger partial charge in [-0.2, -0.15) is 0 Å². The first kappa shape index (κ1) is 11.7. The van der Waals surface area contributed by atoms with Crippen LogP contribution in [0.25, 0.3) is 0 Å². The van der Waals surface area contributed by atoms with Crippen LogP contribution in [0.1, 0.15) is 0 Å². The molecule has 0 aliphatic heterocycles. The lowest BCUT2D eigenvalue weighted by Crippen LogP contribution is -2.09. The molecule has 0 heterocycles. The highest BCUT2D eigenvalue weighted by Crippen LogP contribution is 2.25. The van der Waals surface area contributed by atoms with Crippen molar-refractivity contribution in [3.8, 4) is 5.75 Å². The number of nitro groups is 1. The SMILES string of the molecule is C=C(COc1ccccc1[N+](=O)[O-])C(=O)O. The van der Waals surface area contributed by atoms with Gasteiger partial charge in [-0.3, -0.25) is 10.1 Å². The van der Waals surface area contributed by atoms with E-state index in [1.807, 2.05) is 0 Å². The molecule has 0 radical (unpaired) electrons. The normalized spacial score (nSPS) is 9.50. The third-order valence-corrected chi connectivity index (χ3v) is 1.77. The summed E-state index contributed by atoms with van der Waals surface area (Å²) in [5, 5.41) is 19.1. The highest BCUT2D eigenvalue weighted by atomic mass is 16.6. The summed E-state index contributed by atoms with van der Waals surface area (Å²) in [5.41, 5.74) is -0.376. The van der Waals surface area contributed by atoms with Crippen LogP contribution >= 0.6 is 0 Å². The highest BCUT2D eigenvalue weighted by Gasteiger charge is 2.14. The topological polar surface area (TPSA) is 89.7 Å². The molecule has 6 nitrogen and oxygen atoms in total. The number of nitro benzene ring substituents is 1. The zero-order valence-electron chi connectivity index (χ0n) is 8.25. The van der Waals surface area contributed by atoms with Crippen LogP contribution < -0.4 is 4.74 Å². The van der Waals surface area contributed by atoms with E-state index in [0.717, 1.165) is 0 Å². The summed E-state index contributed by atoms with van der Waals surface area (Å²) in [6, 6.07) is 5.73. The Morgan fingerprint density at radius 1 is 1.50 bits per heavy atom. The van der Waals surface area contributed by atoms with Gasteiger partial charge in [0.25, 0.3) is 0 Å². The molecule has 0 saturated heterocycles. The van der Waals surface area contributed by atoms with Gasteiger partial charge < -0.3 is 9.84 Å². The summed E-state index contributed by atoms with van der Waals surface area (Å²) in [4.78, 5) is 20.4. The predicted octanol–water partition coefficient (Wildman–Crippen LogP) is 1.61. The van der Waals surface area contributed by atoms with Crippen LogP contribution in [0, 0.1) is 10.1 Å². The molecule has 0 unspecified atom stereocenters. The molecule has 1 aromatic carbocycles. The molecule has 0 aromatic heterocycles. The summed E-state index contributed by atoms with van der Waals surface area (Å²) >= 11 is 0. The maximum atomic E-state index is 10.6. The standard InChI is InChI=1S/C10H9NO5/c1-7(10(12)13)6-16-9-5-3-2-4-8(9)11(14)15/h2-5H,1,6H2,(H,12,13). The Hall–Kier alpha value is -2.37. The average Bonchev–Trinajstić information content (AvgIpc) is 2.25. The summed E-state index contributed by atoms with van der Waals surface area (Å²) < 4.78 is 5.00. The smallest absolute Gasteiger partial charge is 0.334 e. The zero-order valence-corrected chi connectivity index (χ0v) is 8.25. The number of hydrogen-bond donors (Lipinski definition) is 1. The van der Waals surface area contributed by atoms with E-state index in [4.69, 9.17) is 9.84 Å². The van der Waals surface area contributed by atoms with E-state index >= 15 is 0 Å². The second-order valence-electron chi connectivity index (χ2n) is 2.92. The van der Waals surface area contributed by atoms with E-state index in [0.29, 0.717) is 0 Å². The molecule has 0 atom stereocenters. The molecule has 1 rings (SSSR count). The molecule has 0 aliphatic rings. The summed E-state index contributed by atoms with van der Waals surface area (Å²) in [6.07, 6.45) is 0. The first-order chi connectivity index (χ1) is 7.52. The fourth-order valence-corrected chi connectivity index (χ4v) is 0.957. The maximum absolute atomic E-state index is 10.6. The fourth-order valence-electron chi connectivity index (χ4n) is 0.957. The number of nitrogens with zero attached hydrogens (tertiary/aromatic N) is 1. The van der Waals surface area contributed by atoms with E-state index < -0.39 is 10.9 Å². The van der Waals surface area contributed by atoms with Crippen molar-refractivity contribution in [2.45, 2.75) is 0 Å². The molecule has 16 heavy (non-hydrogen) atoms. The van der Waals surface area contributed by atoms with Gasteiger partial charge in [0.05, 0.1) is 10.5 Å². The summed E-state index contributed by atoms with van der Waals surface area (Å²) in [7, 11) is 0. The van der Waals surface area contributed by atoms with Gasteiger partial charge >= 0.3 is 11.7 Å². The third kappa shape index (κ3) is 2.81. The van der Waals surface area contributed by atoms with Gasteiger partial charge in [0, 0.05) is 6.07 Å². The van der Waals surface area contributed by atoms with Crippen LogP contribution in [0.2, 0.25) is 0 Å². The number of benzene rings is 1. The van der Waals surface area contributed by atoms with Crippen molar-refractivity contribution < 1.29 is 19.6 Å². The van der Waals surface area contributed by atoms with Gasteiger partial charge in [0.2, 0.25) is 0 Å². The predicted molar refractivity (Wildman–Crippen MR) is 55.4 cm³/mol. The van der Waals surface area contributed by atoms with E-state index in [9.17, 15) is 14.9 Å². The van der Waals surface area contributed by atoms with Gasteiger partial charge in [-0.05, 0) is 6.07 Å². The number of hydrogen-bond acceptors (Lipinski definition) is 4. The molecule has 6 heteroatoms. The molecule has 1 N–H and O–H groups in total. The summed E-state index contributed by atoms with van der Waals surface area (Å²) in [6.45, 7) is 2.96. The van der Waals surface area contributed by atoms with E-state index in [1.54, 1.807) is 6.07 Å². The molecule has 1 aromatic rings. The number of ether oxygens (including phenoxy) is 1. The number of aliphatic carboxylic acids is 1. The molecule has 0 amide bonds. The van der Waals surface area contributed by atoms with Gasteiger partial charge in [-0.15, -0.1) is 0 Å². The Morgan fingerprint density at radius 3 is 2.69 bits per heavy atom. The largest absolute Gasteiger partial charge is 0.482 e. The van der Waals surface area contributed by atoms with Crippen LogP contribution in [0.5, 0.6) is 5.75 Å². The molecule has 84 valence electrons. The molecule has 0 saturated carbocycles. The van der Waals surface area contributed by atoms with Crippen molar-refractivity contribution in [2.24, 2.45) is 0 Å². The van der Waals surface area contributed by atoms with Crippen molar-refractivity contribution >= 4 is 11.7 Å². The lowest BCUT2D eigenvalue weighted by molar-refractivity contribution is -0.385. The van der Waals surface area contributed by atoms with E-state index in [-0.39, 0.29) is 23.6 Å². The number of carboxylic acid groups (broad SMARTS) is 1. The quantitative estimate of drug-likeness (QED) is 0.465. The monoisotopic (exact) mass is 223 g/mol. The summed E-state index contributed by atoms with van der Waals surface area (Å²) in [5.74, 6) is -1.17. The molecule has 0 aliphatic carbocycles. The molecular formula is C10H9NO5. The van der Waals surface area contributed by atoms with Crippen LogP contribution in [-0.4, -0.2) is 22.6 Å². The second-order valence-corrected chi connectivity index (χ2v) is 2.92. The van der Waals surface area contributed by atoms with Crippen LogP contribution in [0.4, 0.5) is 5.69 Å². The first-order valence-corrected chi connectivity index (χ1v) is 4.29. The third-order valence-electron chi connectivity index (χ3n) is 1.77. The Balaban J connectivity index is 2.78. The van der Waals surface area contributed by atoms with Crippen molar-refractivity contribution in [1.29, 1.82) is 0 Å². The lowest BCUT2D eigenvalue weighted by atomic mass is 10.3. The molecule has 0 bridgehead atoms. The molecule has 0 fully saturated rings. The number of carbonyl (C=O) groups is 1. The van der Waals surface area contributed by atoms with Crippen molar-refractivity contribution in [2.75, 3.05) is 6.61 Å². The highest BCUT2D eigenvalue weighted by molar-refractivity contribution is 5.86. The average molecular weight is 223 g/mol. The van der Waals surface area contributed by atoms with E-state index in [1.165, 1.54) is 18.2 Å². The van der Waals surface area contributed by atoms with Gasteiger partial charge in [-0.1, -0.05) is 18.7 Å². The minimum atomic E-state index is -1.20. The van der Waals surface area contributed by atoms with E-state index in [2.05, 4.69) is 6.58 Å². The first-order valence-electron chi connectivity index (χ1n) is 4.29. The van der Waals surface area contributed by atoms with Crippen LogP contribution in [-0.2, 0) is 4.79 Å². The Kier molecular flexibility index (Phi) is 3.60. The van der Waals surface area contributed by atoms with Crippen molar-refractivity contribution in [1.82, 2.24) is 0 Å². The minimum absolute atomic E-state index is 0.0231. The van der Waals surface area contributed by atoms with Crippen molar-refractivity contribution in [3.63, 3.8) is 0 Å². The van der Waals surface area contributed by atoms with Gasteiger partial charge in [-0.25, -0.2) is 4.79 Å². The zero-order chi connectivity index (χ0) is 12.1. The second kappa shape index (κ2) is 4.92. The Labute approximate surface area is 90.9 Å². The maximum Gasteiger partial charge on any atom is 0.334 e.